The van der Waals surface area contributed by atoms with Gasteiger partial charge in [0.25, 0.3) is 0 Å². The van der Waals surface area contributed by atoms with Gasteiger partial charge in [0.2, 0.25) is 0 Å². The van der Waals surface area contributed by atoms with Crippen molar-refractivity contribution in [3.05, 3.63) is 218 Å². The number of para-hydroxylation sites is 2. The average Bonchev–Trinajstić information content (AvgIpc) is 3.86. The molecular formula is C56H36N2O. The lowest BCUT2D eigenvalue weighted by atomic mass is 9.95. The smallest absolute Gasteiger partial charge is 0.137 e. The van der Waals surface area contributed by atoms with Crippen LogP contribution in [0.2, 0.25) is 0 Å². The molecule has 0 fully saturated rings. The number of fused-ring (bicyclic) bond motifs is 9. The molecule has 12 aromatic rings. The van der Waals surface area contributed by atoms with Crippen molar-refractivity contribution in [2.24, 2.45) is 0 Å². The number of nitrogens with zero attached hydrogens (tertiary/aromatic N) is 2. The Bertz CT molecular complexity index is 3550. The van der Waals surface area contributed by atoms with Crippen molar-refractivity contribution in [1.82, 2.24) is 4.57 Å². The molecule has 0 radical (unpaired) electrons. The lowest BCUT2D eigenvalue weighted by Crippen LogP contribution is -2.11. The zero-order valence-corrected chi connectivity index (χ0v) is 32.1. The Morgan fingerprint density at radius 1 is 0.373 bits per heavy atom. The van der Waals surface area contributed by atoms with Gasteiger partial charge in [0.1, 0.15) is 11.2 Å². The number of anilines is 3. The molecule has 0 unspecified atom stereocenters. The molecule has 0 aliphatic rings. The highest BCUT2D eigenvalue weighted by Crippen LogP contribution is 2.49. The van der Waals surface area contributed by atoms with Crippen LogP contribution in [0.5, 0.6) is 0 Å². The van der Waals surface area contributed by atoms with Crippen LogP contribution < -0.4 is 4.90 Å². The molecule has 0 spiro atoms. The summed E-state index contributed by atoms with van der Waals surface area (Å²) in [6.07, 6.45) is 0. The Morgan fingerprint density at radius 3 is 1.81 bits per heavy atom. The predicted octanol–water partition coefficient (Wildman–Crippen LogP) is 15.8. The van der Waals surface area contributed by atoms with Crippen molar-refractivity contribution in [2.75, 3.05) is 4.90 Å². The summed E-state index contributed by atoms with van der Waals surface area (Å²) < 4.78 is 8.98. The van der Waals surface area contributed by atoms with Crippen LogP contribution >= 0.6 is 0 Å². The van der Waals surface area contributed by atoms with Gasteiger partial charge < -0.3 is 13.9 Å². The standard InChI is InChI=1S/C56H36N2O/c1-4-17-37(18-5-1)40-33-47(38-19-6-2-7-20-38)56-49(34-40)48-36-42(31-32-50(48)58(56)41-22-8-3-9-23-41)57(51-28-16-30-54-55(51)46-27-14-15-29-53(46)59-54)52-35-39-21-10-11-24-43(39)44-25-12-13-26-45(44)52/h1-36H. The maximum absolute atomic E-state index is 6.53. The van der Waals surface area contributed by atoms with Gasteiger partial charge in [-0.3, -0.25) is 0 Å². The number of aromatic nitrogens is 1. The van der Waals surface area contributed by atoms with Crippen LogP contribution in [0, 0.1) is 0 Å². The first-order valence-electron chi connectivity index (χ1n) is 20.2. The van der Waals surface area contributed by atoms with E-state index < -0.39 is 0 Å². The summed E-state index contributed by atoms with van der Waals surface area (Å²) in [5, 5.41) is 9.38. The number of rotatable bonds is 6. The van der Waals surface area contributed by atoms with Gasteiger partial charge in [0.15, 0.2) is 0 Å². The summed E-state index contributed by atoms with van der Waals surface area (Å²) in [4.78, 5) is 2.46. The molecule has 276 valence electrons. The van der Waals surface area contributed by atoms with Crippen LogP contribution in [0.3, 0.4) is 0 Å². The maximum atomic E-state index is 6.53. The Labute approximate surface area is 341 Å². The van der Waals surface area contributed by atoms with Crippen molar-refractivity contribution in [2.45, 2.75) is 0 Å². The van der Waals surface area contributed by atoms with E-state index in [0.717, 1.165) is 50.2 Å². The lowest BCUT2D eigenvalue weighted by Gasteiger charge is -2.28. The summed E-state index contributed by atoms with van der Waals surface area (Å²) in [5.74, 6) is 0. The number of hydrogen-bond acceptors (Lipinski definition) is 2. The monoisotopic (exact) mass is 752 g/mol. The van der Waals surface area contributed by atoms with Crippen LogP contribution in [-0.4, -0.2) is 4.57 Å². The quantitative estimate of drug-likeness (QED) is 0.158. The fourth-order valence-electron chi connectivity index (χ4n) is 9.33. The molecular weight excluding hydrogens is 717 g/mol. The van der Waals surface area contributed by atoms with E-state index in [1.54, 1.807) is 0 Å². The van der Waals surface area contributed by atoms with Gasteiger partial charge in [0, 0.05) is 38.5 Å². The predicted molar refractivity (Wildman–Crippen MR) is 249 cm³/mol. The molecule has 0 bridgehead atoms. The van der Waals surface area contributed by atoms with E-state index in [4.69, 9.17) is 4.42 Å². The van der Waals surface area contributed by atoms with Gasteiger partial charge in [-0.1, -0.05) is 152 Å². The highest BCUT2D eigenvalue weighted by Gasteiger charge is 2.24. The number of hydrogen-bond donors (Lipinski definition) is 0. The Kier molecular flexibility index (Phi) is 7.54. The van der Waals surface area contributed by atoms with Gasteiger partial charge >= 0.3 is 0 Å². The molecule has 59 heavy (non-hydrogen) atoms. The van der Waals surface area contributed by atoms with E-state index in [-0.39, 0.29) is 0 Å². The molecule has 2 heterocycles. The van der Waals surface area contributed by atoms with Crippen LogP contribution in [0.25, 0.3) is 93.2 Å². The third kappa shape index (κ3) is 5.29. The van der Waals surface area contributed by atoms with E-state index in [0.29, 0.717) is 0 Å². The Morgan fingerprint density at radius 2 is 1.02 bits per heavy atom. The zero-order valence-electron chi connectivity index (χ0n) is 32.1. The molecule has 0 amide bonds. The minimum absolute atomic E-state index is 0.862. The summed E-state index contributed by atoms with van der Waals surface area (Å²) in [6.45, 7) is 0. The van der Waals surface area contributed by atoms with Crippen molar-refractivity contribution in [3.63, 3.8) is 0 Å². The molecule has 3 heteroatoms. The molecule has 2 aromatic heterocycles. The third-order valence-corrected chi connectivity index (χ3v) is 11.9. The topological polar surface area (TPSA) is 21.3 Å². The summed E-state index contributed by atoms with van der Waals surface area (Å²) in [7, 11) is 0. The zero-order chi connectivity index (χ0) is 38.9. The van der Waals surface area contributed by atoms with Gasteiger partial charge in [-0.15, -0.1) is 0 Å². The van der Waals surface area contributed by atoms with Crippen molar-refractivity contribution >= 4 is 82.4 Å². The molecule has 12 rings (SSSR count). The molecule has 0 saturated heterocycles. The van der Waals surface area contributed by atoms with E-state index in [1.165, 1.54) is 60.1 Å². The average molecular weight is 753 g/mol. The second-order valence-corrected chi connectivity index (χ2v) is 15.3. The highest BCUT2D eigenvalue weighted by atomic mass is 16.3. The lowest BCUT2D eigenvalue weighted by molar-refractivity contribution is 0.669. The van der Waals surface area contributed by atoms with Crippen molar-refractivity contribution in [1.29, 1.82) is 0 Å². The van der Waals surface area contributed by atoms with Gasteiger partial charge in [-0.25, -0.2) is 0 Å². The van der Waals surface area contributed by atoms with Gasteiger partial charge in [-0.05, 0) is 99.6 Å². The Balaban J connectivity index is 1.23. The van der Waals surface area contributed by atoms with E-state index in [2.05, 4.69) is 222 Å². The summed E-state index contributed by atoms with van der Waals surface area (Å²) >= 11 is 0. The fraction of sp³-hybridized carbons (Fsp3) is 0. The molecule has 0 atom stereocenters. The van der Waals surface area contributed by atoms with Gasteiger partial charge in [0.05, 0.1) is 27.8 Å². The maximum Gasteiger partial charge on any atom is 0.137 e. The summed E-state index contributed by atoms with van der Waals surface area (Å²) in [6, 6.07) is 78.8. The minimum Gasteiger partial charge on any atom is -0.456 e. The van der Waals surface area contributed by atoms with Crippen molar-refractivity contribution in [3.8, 4) is 27.9 Å². The van der Waals surface area contributed by atoms with Crippen molar-refractivity contribution < 1.29 is 4.42 Å². The van der Waals surface area contributed by atoms with E-state index in [1.807, 2.05) is 6.07 Å². The highest BCUT2D eigenvalue weighted by molar-refractivity contribution is 6.20. The fourth-order valence-corrected chi connectivity index (χ4v) is 9.33. The number of benzene rings is 10. The molecule has 0 saturated carbocycles. The molecule has 10 aromatic carbocycles. The Hall–Kier alpha value is -7.88. The molecule has 3 nitrogen and oxygen atoms in total. The normalized spacial score (nSPS) is 11.7. The second-order valence-electron chi connectivity index (χ2n) is 15.3. The molecule has 0 aliphatic heterocycles. The van der Waals surface area contributed by atoms with Crippen LogP contribution in [-0.2, 0) is 0 Å². The summed E-state index contributed by atoms with van der Waals surface area (Å²) in [5.41, 5.74) is 13.2. The first-order valence-corrected chi connectivity index (χ1v) is 20.2. The first kappa shape index (κ1) is 33.3. The minimum atomic E-state index is 0.862. The SMILES string of the molecule is c1ccc(-c2cc(-c3ccccc3)c3c(c2)c2cc(N(c4cc5ccccc5c5ccccc45)c4cccc5oc6ccccc6c45)ccc2n3-c2ccccc2)cc1. The third-order valence-electron chi connectivity index (χ3n) is 11.9. The number of furan rings is 1. The van der Waals surface area contributed by atoms with Crippen LogP contribution in [0.1, 0.15) is 0 Å². The second kappa shape index (κ2) is 13.4. The molecule has 0 aliphatic carbocycles. The van der Waals surface area contributed by atoms with Crippen LogP contribution in [0.4, 0.5) is 17.1 Å². The first-order chi connectivity index (χ1) is 29.3. The largest absolute Gasteiger partial charge is 0.456 e. The van der Waals surface area contributed by atoms with Crippen LogP contribution in [0.15, 0.2) is 223 Å². The van der Waals surface area contributed by atoms with E-state index in [9.17, 15) is 0 Å². The molecule has 0 N–H and O–H groups in total. The van der Waals surface area contributed by atoms with E-state index >= 15 is 0 Å². The van der Waals surface area contributed by atoms with Gasteiger partial charge in [-0.2, -0.15) is 0 Å².